The normalized spacial score (nSPS) is 17.7. The molecule has 2 aliphatic heterocycles. The zero-order valence-electron chi connectivity index (χ0n) is 21.4. The number of hydrogen-bond acceptors (Lipinski definition) is 6. The molecular weight excluding hydrogens is 444 g/mol. The van der Waals surface area contributed by atoms with Crippen LogP contribution >= 0.6 is 0 Å². The third kappa shape index (κ3) is 5.93. The van der Waals surface area contributed by atoms with Gasteiger partial charge in [-0.05, 0) is 48.2 Å². The summed E-state index contributed by atoms with van der Waals surface area (Å²) in [5.74, 6) is 0.608. The zero-order chi connectivity index (χ0) is 25.5. The van der Waals surface area contributed by atoms with Crippen LogP contribution in [0.1, 0.15) is 62.0 Å². The van der Waals surface area contributed by atoms with Crippen LogP contribution < -0.4 is 4.74 Å². The summed E-state index contributed by atoms with van der Waals surface area (Å²) in [6, 6.07) is 16.1. The largest absolute Gasteiger partial charge is 0.493 e. The molecule has 190 valence electrons. The van der Waals surface area contributed by atoms with Crippen LogP contribution in [0.5, 0.6) is 5.75 Å². The van der Waals surface area contributed by atoms with Gasteiger partial charge in [-0.2, -0.15) is 0 Å². The summed E-state index contributed by atoms with van der Waals surface area (Å²) in [5.41, 5.74) is 2.87. The number of benzene rings is 2. The van der Waals surface area contributed by atoms with Gasteiger partial charge in [0.2, 0.25) is 0 Å². The predicted molar refractivity (Wildman–Crippen MR) is 135 cm³/mol. The molecule has 0 atom stereocenters. The second-order valence-electron chi connectivity index (χ2n) is 10.3. The lowest BCUT2D eigenvalue weighted by molar-refractivity contribution is -0.140. The van der Waals surface area contributed by atoms with E-state index in [9.17, 15) is 4.79 Å². The fraction of sp³-hybridized carbons (Fsp3) is 0.517. The highest BCUT2D eigenvalue weighted by Crippen LogP contribution is 2.35. The van der Waals surface area contributed by atoms with Crippen LogP contribution in [0, 0.1) is 10.8 Å². The maximum atomic E-state index is 12.5. The second-order valence-corrected chi connectivity index (χ2v) is 10.3. The Labute approximate surface area is 208 Å². The van der Waals surface area contributed by atoms with E-state index in [2.05, 4.69) is 39.8 Å². The molecule has 0 saturated carbocycles. The van der Waals surface area contributed by atoms with Crippen molar-refractivity contribution in [2.75, 3.05) is 39.6 Å². The van der Waals surface area contributed by atoms with Gasteiger partial charge in [0.25, 0.3) is 0 Å². The number of carbonyl (C=O) groups is 2. The maximum Gasteiger partial charge on any atom is 0.338 e. The van der Waals surface area contributed by atoms with Gasteiger partial charge >= 0.3 is 5.97 Å². The van der Waals surface area contributed by atoms with Gasteiger partial charge in [0, 0.05) is 5.41 Å². The number of rotatable bonds is 10. The number of carbonyl (C=O) groups excluding carboxylic acids is 2. The van der Waals surface area contributed by atoms with Gasteiger partial charge in [-0.15, -0.1) is 0 Å². The van der Waals surface area contributed by atoms with E-state index in [0.717, 1.165) is 37.4 Å². The fourth-order valence-electron chi connectivity index (χ4n) is 4.26. The SMILES string of the molecule is C=O.CCC1(COC(=O)c2ccc(C(C)(C)c3ccc(OCC4(CC)COC4)cc3)cc2)COC1. The van der Waals surface area contributed by atoms with Crippen molar-refractivity contribution < 1.29 is 28.5 Å². The highest BCUT2D eigenvalue weighted by atomic mass is 16.5. The van der Waals surface area contributed by atoms with Crippen LogP contribution in [0.25, 0.3) is 0 Å². The zero-order valence-corrected chi connectivity index (χ0v) is 21.4. The Balaban J connectivity index is 0.00000167. The average molecular weight is 483 g/mol. The van der Waals surface area contributed by atoms with Crippen LogP contribution in [0.3, 0.4) is 0 Å². The van der Waals surface area contributed by atoms with E-state index in [1.807, 2.05) is 43.2 Å². The first kappa shape index (κ1) is 26.9. The van der Waals surface area contributed by atoms with Gasteiger partial charge in [-0.1, -0.05) is 52.0 Å². The van der Waals surface area contributed by atoms with E-state index in [0.29, 0.717) is 32.0 Å². The minimum atomic E-state index is -0.276. The molecule has 0 bridgehead atoms. The molecule has 2 aromatic rings. The Kier molecular flexibility index (Phi) is 8.73. The minimum absolute atomic E-state index is 0.00372. The summed E-state index contributed by atoms with van der Waals surface area (Å²) in [4.78, 5) is 20.5. The standard InChI is InChI=1S/C28H36O5.CH2O/c1-5-27(15-30-16-27)19-32-24-13-11-23(12-14-24)26(3,4)22-9-7-21(8-10-22)25(29)33-20-28(6-2)17-31-18-28;1-2/h7-14H,5-6,15-20H2,1-4H3;1H2. The smallest absolute Gasteiger partial charge is 0.338 e. The van der Waals surface area contributed by atoms with Crippen molar-refractivity contribution in [1.29, 1.82) is 0 Å². The third-order valence-electron chi connectivity index (χ3n) is 7.61. The highest BCUT2D eigenvalue weighted by Gasteiger charge is 2.39. The van der Waals surface area contributed by atoms with Gasteiger partial charge in [0.05, 0.1) is 49.4 Å². The monoisotopic (exact) mass is 482 g/mol. The molecule has 4 rings (SSSR count). The number of hydrogen-bond donors (Lipinski definition) is 0. The van der Waals surface area contributed by atoms with Gasteiger partial charge < -0.3 is 23.7 Å². The van der Waals surface area contributed by atoms with E-state index < -0.39 is 0 Å². The molecule has 2 aliphatic rings. The van der Waals surface area contributed by atoms with Crippen molar-refractivity contribution in [1.82, 2.24) is 0 Å². The van der Waals surface area contributed by atoms with E-state index in [-0.39, 0.29) is 22.2 Å². The van der Waals surface area contributed by atoms with Crippen LogP contribution in [0.2, 0.25) is 0 Å². The lowest BCUT2D eigenvalue weighted by Gasteiger charge is -2.40. The van der Waals surface area contributed by atoms with E-state index in [1.165, 1.54) is 5.56 Å². The predicted octanol–water partition coefficient (Wildman–Crippen LogP) is 5.22. The molecule has 0 radical (unpaired) electrons. The minimum Gasteiger partial charge on any atom is -0.493 e. The molecule has 0 unspecified atom stereocenters. The molecule has 0 N–H and O–H groups in total. The van der Waals surface area contributed by atoms with Crippen molar-refractivity contribution in [2.24, 2.45) is 10.8 Å². The Morgan fingerprint density at radius 1 is 0.829 bits per heavy atom. The van der Waals surface area contributed by atoms with Crippen molar-refractivity contribution in [2.45, 2.75) is 46.0 Å². The molecule has 35 heavy (non-hydrogen) atoms. The summed E-state index contributed by atoms with van der Waals surface area (Å²) in [6.07, 6.45) is 2.01. The van der Waals surface area contributed by atoms with Gasteiger partial charge in [0.1, 0.15) is 19.1 Å². The first-order valence-electron chi connectivity index (χ1n) is 12.3. The fourth-order valence-corrected chi connectivity index (χ4v) is 4.26. The van der Waals surface area contributed by atoms with Crippen molar-refractivity contribution in [3.63, 3.8) is 0 Å². The molecule has 2 heterocycles. The number of ether oxygens (including phenoxy) is 4. The molecule has 0 spiro atoms. The Morgan fingerprint density at radius 3 is 1.71 bits per heavy atom. The summed E-state index contributed by atoms with van der Waals surface area (Å²) in [7, 11) is 0. The maximum absolute atomic E-state index is 12.5. The van der Waals surface area contributed by atoms with Crippen molar-refractivity contribution >= 4 is 12.8 Å². The van der Waals surface area contributed by atoms with Gasteiger partial charge in [-0.3, -0.25) is 0 Å². The van der Waals surface area contributed by atoms with Crippen LogP contribution in [0.4, 0.5) is 0 Å². The molecular formula is C29H38O6. The lowest BCUT2D eigenvalue weighted by Crippen LogP contribution is -2.46. The second kappa shape index (κ2) is 11.4. The van der Waals surface area contributed by atoms with Crippen molar-refractivity contribution in [3.8, 4) is 5.75 Å². The van der Waals surface area contributed by atoms with Crippen LogP contribution in [0.15, 0.2) is 48.5 Å². The van der Waals surface area contributed by atoms with E-state index in [1.54, 1.807) is 0 Å². The van der Waals surface area contributed by atoms with Gasteiger partial charge in [-0.25, -0.2) is 4.79 Å². The van der Waals surface area contributed by atoms with Gasteiger partial charge in [0.15, 0.2) is 0 Å². The van der Waals surface area contributed by atoms with Crippen molar-refractivity contribution in [3.05, 3.63) is 65.2 Å². The molecule has 2 aromatic carbocycles. The van der Waals surface area contributed by atoms with Crippen LogP contribution in [-0.2, 0) is 24.4 Å². The van der Waals surface area contributed by atoms with E-state index >= 15 is 0 Å². The molecule has 0 aliphatic carbocycles. The van der Waals surface area contributed by atoms with E-state index in [4.69, 9.17) is 23.7 Å². The molecule has 0 aromatic heterocycles. The van der Waals surface area contributed by atoms with Crippen LogP contribution in [-0.4, -0.2) is 52.4 Å². The summed E-state index contributed by atoms with van der Waals surface area (Å²) >= 11 is 0. The highest BCUT2D eigenvalue weighted by molar-refractivity contribution is 5.89. The Hall–Kier alpha value is -2.70. The summed E-state index contributed by atoms with van der Waals surface area (Å²) < 4.78 is 22.3. The third-order valence-corrected chi connectivity index (χ3v) is 7.61. The molecule has 2 fully saturated rings. The lowest BCUT2D eigenvalue weighted by atomic mass is 9.78. The topological polar surface area (TPSA) is 71.1 Å². The molecule has 0 amide bonds. The summed E-state index contributed by atoms with van der Waals surface area (Å²) in [6.45, 7) is 14.7. The molecule has 2 saturated heterocycles. The number of esters is 1. The Bertz CT molecular complexity index is 945. The Morgan fingerprint density at radius 2 is 1.29 bits per heavy atom. The first-order chi connectivity index (χ1) is 16.8. The quantitative estimate of drug-likeness (QED) is 0.433. The molecule has 6 heteroatoms. The average Bonchev–Trinajstić information content (AvgIpc) is 2.85. The first-order valence-corrected chi connectivity index (χ1v) is 12.3. The summed E-state index contributed by atoms with van der Waals surface area (Å²) in [5, 5.41) is 0. The molecule has 6 nitrogen and oxygen atoms in total.